The van der Waals surface area contributed by atoms with E-state index in [0.29, 0.717) is 11.2 Å². The number of rotatable bonds is 0. The van der Waals surface area contributed by atoms with Gasteiger partial charge in [-0.3, -0.25) is 0 Å². The Morgan fingerprint density at radius 2 is 2.00 bits per heavy atom. The zero-order valence-electron chi connectivity index (χ0n) is 12.8. The first-order valence-electron chi connectivity index (χ1n) is 8.41. The number of hydrogen-bond donors (Lipinski definition) is 1. The summed E-state index contributed by atoms with van der Waals surface area (Å²) < 4.78 is 0. The van der Waals surface area contributed by atoms with Crippen molar-refractivity contribution in [3.63, 3.8) is 0 Å². The van der Waals surface area contributed by atoms with Crippen LogP contribution >= 0.6 is 0 Å². The van der Waals surface area contributed by atoms with Gasteiger partial charge in [-0.1, -0.05) is 19.4 Å². The van der Waals surface area contributed by atoms with E-state index >= 15 is 0 Å². The molecule has 0 spiro atoms. The SMILES string of the molecule is Cc1cc2c(cc1O)CCC1C2CC[C@]2(C)CCCC12. The first kappa shape index (κ1) is 12.7. The standard InChI is InChI=1S/C19H26O/c1-12-10-16-13(11-18(12)20)5-6-15-14(16)7-9-19(2)8-3-4-17(15)19/h10-11,14-15,17,20H,3-9H2,1-2H3/t14?,15?,17?,19-/m0/s1. The third-order valence-corrected chi connectivity index (χ3v) is 6.82. The van der Waals surface area contributed by atoms with Gasteiger partial charge < -0.3 is 5.11 Å². The van der Waals surface area contributed by atoms with Crippen LogP contribution in [0.15, 0.2) is 12.1 Å². The van der Waals surface area contributed by atoms with Gasteiger partial charge in [0.05, 0.1) is 0 Å². The summed E-state index contributed by atoms with van der Waals surface area (Å²) in [5.41, 5.74) is 4.70. The van der Waals surface area contributed by atoms with E-state index in [-0.39, 0.29) is 0 Å². The molecule has 1 heteroatoms. The zero-order chi connectivity index (χ0) is 13.9. The van der Waals surface area contributed by atoms with Crippen LogP contribution in [0.25, 0.3) is 0 Å². The van der Waals surface area contributed by atoms with Gasteiger partial charge in [0, 0.05) is 0 Å². The summed E-state index contributed by atoms with van der Waals surface area (Å²) >= 11 is 0. The third kappa shape index (κ3) is 1.68. The van der Waals surface area contributed by atoms with Crippen LogP contribution in [0.4, 0.5) is 0 Å². The van der Waals surface area contributed by atoms with Crippen LogP contribution in [0, 0.1) is 24.2 Å². The molecule has 0 radical (unpaired) electrons. The number of benzene rings is 1. The lowest BCUT2D eigenvalue weighted by Crippen LogP contribution is -2.39. The molecule has 1 aromatic carbocycles. The van der Waals surface area contributed by atoms with E-state index in [0.717, 1.165) is 23.3 Å². The summed E-state index contributed by atoms with van der Waals surface area (Å²) in [6, 6.07) is 4.34. The summed E-state index contributed by atoms with van der Waals surface area (Å²) in [6.45, 7) is 4.60. The number of fused-ring (bicyclic) bond motifs is 5. The van der Waals surface area contributed by atoms with E-state index in [1.165, 1.54) is 50.5 Å². The monoisotopic (exact) mass is 270 g/mol. The highest BCUT2D eigenvalue weighted by molar-refractivity contribution is 5.44. The number of hydrogen-bond acceptors (Lipinski definition) is 1. The lowest BCUT2D eigenvalue weighted by atomic mass is 9.56. The molecule has 20 heavy (non-hydrogen) atoms. The fraction of sp³-hybridized carbons (Fsp3) is 0.684. The topological polar surface area (TPSA) is 20.2 Å². The van der Waals surface area contributed by atoms with E-state index < -0.39 is 0 Å². The highest BCUT2D eigenvalue weighted by Gasteiger charge is 2.50. The van der Waals surface area contributed by atoms with E-state index in [4.69, 9.17) is 0 Å². The Labute approximate surface area is 122 Å². The van der Waals surface area contributed by atoms with Gasteiger partial charge in [0.1, 0.15) is 5.75 Å². The van der Waals surface area contributed by atoms with Gasteiger partial charge in [0.25, 0.3) is 0 Å². The van der Waals surface area contributed by atoms with Gasteiger partial charge in [0.15, 0.2) is 0 Å². The van der Waals surface area contributed by atoms with Gasteiger partial charge in [-0.15, -0.1) is 0 Å². The first-order chi connectivity index (χ1) is 9.58. The highest BCUT2D eigenvalue weighted by atomic mass is 16.3. The maximum Gasteiger partial charge on any atom is 0.118 e. The van der Waals surface area contributed by atoms with Gasteiger partial charge in [0.2, 0.25) is 0 Å². The Bertz CT molecular complexity index is 547. The highest BCUT2D eigenvalue weighted by Crippen LogP contribution is 2.60. The maximum absolute atomic E-state index is 9.96. The van der Waals surface area contributed by atoms with Gasteiger partial charge in [-0.2, -0.15) is 0 Å². The number of phenols is 1. The minimum Gasteiger partial charge on any atom is -0.508 e. The molecule has 0 aromatic heterocycles. The quantitative estimate of drug-likeness (QED) is 0.707. The fourth-order valence-corrected chi connectivity index (χ4v) is 5.72. The van der Waals surface area contributed by atoms with Crippen molar-refractivity contribution in [2.45, 2.75) is 64.7 Å². The summed E-state index contributed by atoms with van der Waals surface area (Å²) in [4.78, 5) is 0. The molecule has 0 heterocycles. The number of aryl methyl sites for hydroxylation is 2. The molecule has 0 bridgehead atoms. The molecular formula is C19H26O. The predicted octanol–water partition coefficient (Wildman–Crippen LogP) is 4.95. The van der Waals surface area contributed by atoms with Crippen molar-refractivity contribution in [2.75, 3.05) is 0 Å². The minimum absolute atomic E-state index is 0.490. The van der Waals surface area contributed by atoms with Crippen LogP contribution in [0.5, 0.6) is 5.75 Å². The molecule has 3 aliphatic carbocycles. The molecule has 0 amide bonds. The second-order valence-electron chi connectivity index (χ2n) is 7.84. The van der Waals surface area contributed by atoms with Crippen molar-refractivity contribution >= 4 is 0 Å². The number of phenolic OH excluding ortho intramolecular Hbond substituents is 1. The largest absolute Gasteiger partial charge is 0.508 e. The predicted molar refractivity (Wildman–Crippen MR) is 82.1 cm³/mol. The average molecular weight is 270 g/mol. The molecule has 4 rings (SSSR count). The fourth-order valence-electron chi connectivity index (χ4n) is 5.72. The van der Waals surface area contributed by atoms with Crippen LogP contribution in [-0.4, -0.2) is 5.11 Å². The van der Waals surface area contributed by atoms with E-state index in [1.54, 1.807) is 5.56 Å². The summed E-state index contributed by atoms with van der Waals surface area (Å²) in [5, 5.41) is 9.96. The molecule has 108 valence electrons. The van der Waals surface area contributed by atoms with Gasteiger partial charge >= 0.3 is 0 Å². The Kier molecular flexibility index (Phi) is 2.71. The van der Waals surface area contributed by atoms with E-state index in [1.807, 2.05) is 13.0 Å². The van der Waals surface area contributed by atoms with E-state index in [9.17, 15) is 5.11 Å². The van der Waals surface area contributed by atoms with Crippen molar-refractivity contribution in [3.05, 3.63) is 28.8 Å². The molecular weight excluding hydrogens is 244 g/mol. The lowest BCUT2D eigenvalue weighted by Gasteiger charge is -2.49. The molecule has 1 nitrogen and oxygen atoms in total. The van der Waals surface area contributed by atoms with Crippen LogP contribution < -0.4 is 0 Å². The Morgan fingerprint density at radius 3 is 2.85 bits per heavy atom. The molecule has 0 saturated heterocycles. The van der Waals surface area contributed by atoms with Crippen molar-refractivity contribution in [1.82, 2.24) is 0 Å². The molecule has 1 aromatic rings. The smallest absolute Gasteiger partial charge is 0.118 e. The summed E-state index contributed by atoms with van der Waals surface area (Å²) in [7, 11) is 0. The third-order valence-electron chi connectivity index (χ3n) is 6.82. The zero-order valence-corrected chi connectivity index (χ0v) is 12.8. The second kappa shape index (κ2) is 4.26. The maximum atomic E-state index is 9.96. The van der Waals surface area contributed by atoms with Crippen LogP contribution in [0.1, 0.15) is 68.1 Å². The molecule has 2 saturated carbocycles. The molecule has 4 atom stereocenters. The number of aromatic hydroxyl groups is 1. The summed E-state index contributed by atoms with van der Waals surface area (Å²) in [5.74, 6) is 3.13. The van der Waals surface area contributed by atoms with Gasteiger partial charge in [-0.05, 0) is 91.4 Å². The molecule has 2 fully saturated rings. The molecule has 0 aliphatic heterocycles. The lowest BCUT2D eigenvalue weighted by molar-refractivity contribution is 0.0598. The van der Waals surface area contributed by atoms with Crippen molar-refractivity contribution in [2.24, 2.45) is 17.3 Å². The Morgan fingerprint density at radius 1 is 1.15 bits per heavy atom. The normalized spacial score (nSPS) is 39.0. The van der Waals surface area contributed by atoms with E-state index in [2.05, 4.69) is 13.0 Å². The average Bonchev–Trinajstić information content (AvgIpc) is 2.82. The molecule has 3 aliphatic rings. The van der Waals surface area contributed by atoms with Crippen LogP contribution in [0.2, 0.25) is 0 Å². The molecule has 3 unspecified atom stereocenters. The Balaban J connectivity index is 1.74. The van der Waals surface area contributed by atoms with Crippen LogP contribution in [0.3, 0.4) is 0 Å². The van der Waals surface area contributed by atoms with Crippen LogP contribution in [-0.2, 0) is 6.42 Å². The Hall–Kier alpha value is -0.980. The van der Waals surface area contributed by atoms with Crippen molar-refractivity contribution in [3.8, 4) is 5.75 Å². The van der Waals surface area contributed by atoms with Crippen molar-refractivity contribution in [1.29, 1.82) is 0 Å². The minimum atomic E-state index is 0.490. The second-order valence-corrected chi connectivity index (χ2v) is 7.84. The summed E-state index contributed by atoms with van der Waals surface area (Å²) in [6.07, 6.45) is 9.68. The first-order valence-corrected chi connectivity index (χ1v) is 8.41. The van der Waals surface area contributed by atoms with Gasteiger partial charge in [-0.25, -0.2) is 0 Å². The van der Waals surface area contributed by atoms with Crippen molar-refractivity contribution < 1.29 is 5.11 Å². The molecule has 1 N–H and O–H groups in total.